The molecule has 0 radical (unpaired) electrons. The summed E-state index contributed by atoms with van der Waals surface area (Å²) < 4.78 is 26.9. The van der Waals surface area contributed by atoms with Crippen LogP contribution in [0.2, 0.25) is 0 Å². The van der Waals surface area contributed by atoms with E-state index in [2.05, 4.69) is 5.32 Å². The molecule has 0 bridgehead atoms. The van der Waals surface area contributed by atoms with Crippen molar-refractivity contribution < 1.29 is 13.6 Å². The molecule has 3 rings (SSSR count). The van der Waals surface area contributed by atoms with Crippen LogP contribution in [0.25, 0.3) is 0 Å². The molecule has 2 aliphatic rings. The molecular weight excluding hydrogens is 274 g/mol. The predicted molar refractivity (Wildman–Crippen MR) is 75.8 cm³/mol. The van der Waals surface area contributed by atoms with Crippen LogP contribution in [-0.4, -0.2) is 36.0 Å². The molecule has 1 N–H and O–H groups in total. The van der Waals surface area contributed by atoms with Crippen LogP contribution in [0.4, 0.5) is 8.78 Å². The first-order chi connectivity index (χ1) is 10.2. The topological polar surface area (TPSA) is 32.3 Å². The lowest BCUT2D eigenvalue weighted by molar-refractivity contribution is -0.131. The summed E-state index contributed by atoms with van der Waals surface area (Å²) in [6, 6.07) is 4.56. The van der Waals surface area contributed by atoms with Crippen molar-refractivity contribution in [2.24, 2.45) is 0 Å². The molecule has 0 saturated carbocycles. The van der Waals surface area contributed by atoms with Crippen LogP contribution in [0.3, 0.4) is 0 Å². The highest BCUT2D eigenvalue weighted by molar-refractivity contribution is 5.79. The molecule has 21 heavy (non-hydrogen) atoms. The molecule has 1 amide bonds. The fourth-order valence-corrected chi connectivity index (χ4v) is 3.51. The maximum Gasteiger partial charge on any atom is 0.227 e. The van der Waals surface area contributed by atoms with Crippen LogP contribution in [0, 0.1) is 11.6 Å². The van der Waals surface area contributed by atoms with Crippen molar-refractivity contribution in [3.63, 3.8) is 0 Å². The fraction of sp³-hybridized carbons (Fsp3) is 0.562. The zero-order valence-corrected chi connectivity index (χ0v) is 11.9. The Hall–Kier alpha value is -1.49. The van der Waals surface area contributed by atoms with E-state index in [0.29, 0.717) is 6.04 Å². The molecule has 2 aliphatic heterocycles. The van der Waals surface area contributed by atoms with Crippen molar-refractivity contribution in [3.05, 3.63) is 35.4 Å². The maximum atomic E-state index is 13.7. The summed E-state index contributed by atoms with van der Waals surface area (Å²) in [4.78, 5) is 14.3. The van der Waals surface area contributed by atoms with E-state index >= 15 is 0 Å². The van der Waals surface area contributed by atoms with Crippen LogP contribution in [-0.2, 0) is 11.2 Å². The van der Waals surface area contributed by atoms with Gasteiger partial charge in [-0.05, 0) is 38.3 Å². The largest absolute Gasteiger partial charge is 0.338 e. The SMILES string of the molecule is O=C(Cc1cccc(F)c1F)N1CCCC1C1CCCN1. The van der Waals surface area contributed by atoms with Gasteiger partial charge in [0.05, 0.1) is 6.42 Å². The van der Waals surface area contributed by atoms with Crippen molar-refractivity contribution in [1.82, 2.24) is 10.2 Å². The van der Waals surface area contributed by atoms with Gasteiger partial charge in [0.1, 0.15) is 0 Å². The molecule has 0 aromatic heterocycles. The average Bonchev–Trinajstić information content (AvgIpc) is 3.13. The minimum Gasteiger partial charge on any atom is -0.338 e. The summed E-state index contributed by atoms with van der Waals surface area (Å²) in [5.74, 6) is -1.90. The molecule has 2 saturated heterocycles. The first-order valence-electron chi connectivity index (χ1n) is 7.62. The Morgan fingerprint density at radius 3 is 2.90 bits per heavy atom. The van der Waals surface area contributed by atoms with Gasteiger partial charge in [-0.1, -0.05) is 12.1 Å². The molecule has 3 nitrogen and oxygen atoms in total. The lowest BCUT2D eigenvalue weighted by Gasteiger charge is -2.29. The second kappa shape index (κ2) is 6.10. The van der Waals surface area contributed by atoms with E-state index in [9.17, 15) is 13.6 Å². The van der Waals surface area contributed by atoms with Crippen LogP contribution < -0.4 is 5.32 Å². The highest BCUT2D eigenvalue weighted by Gasteiger charge is 2.35. The van der Waals surface area contributed by atoms with Crippen LogP contribution in [0.15, 0.2) is 18.2 Å². The molecule has 0 spiro atoms. The summed E-state index contributed by atoms with van der Waals surface area (Å²) >= 11 is 0. The first-order valence-corrected chi connectivity index (χ1v) is 7.62. The molecule has 2 atom stereocenters. The summed E-state index contributed by atoms with van der Waals surface area (Å²) in [6.07, 6.45) is 4.15. The van der Waals surface area contributed by atoms with E-state index in [1.54, 1.807) is 0 Å². The second-order valence-electron chi connectivity index (χ2n) is 5.89. The fourth-order valence-electron chi connectivity index (χ4n) is 3.51. The van der Waals surface area contributed by atoms with Gasteiger partial charge < -0.3 is 10.2 Å². The van der Waals surface area contributed by atoms with Gasteiger partial charge in [-0.25, -0.2) is 8.78 Å². The third-order valence-electron chi connectivity index (χ3n) is 4.56. The molecular formula is C16H20F2N2O. The number of carbonyl (C=O) groups excluding carboxylic acids is 1. The minimum absolute atomic E-state index is 0.0627. The molecule has 1 aromatic rings. The molecule has 2 fully saturated rings. The van der Waals surface area contributed by atoms with Crippen molar-refractivity contribution in [3.8, 4) is 0 Å². The Balaban J connectivity index is 1.70. The summed E-state index contributed by atoms with van der Waals surface area (Å²) in [5.41, 5.74) is 0.144. The third-order valence-corrected chi connectivity index (χ3v) is 4.56. The van der Waals surface area contributed by atoms with E-state index in [-0.39, 0.29) is 23.9 Å². The Morgan fingerprint density at radius 2 is 2.14 bits per heavy atom. The van der Waals surface area contributed by atoms with E-state index < -0.39 is 11.6 Å². The Bertz CT molecular complexity index is 529. The predicted octanol–water partition coefficient (Wildman–Crippen LogP) is 2.25. The zero-order chi connectivity index (χ0) is 14.8. The van der Waals surface area contributed by atoms with Gasteiger partial charge in [-0.3, -0.25) is 4.79 Å². The van der Waals surface area contributed by atoms with Gasteiger partial charge >= 0.3 is 0 Å². The van der Waals surface area contributed by atoms with Crippen molar-refractivity contribution >= 4 is 5.91 Å². The third kappa shape index (κ3) is 2.93. The van der Waals surface area contributed by atoms with Gasteiger partial charge in [-0.2, -0.15) is 0 Å². The zero-order valence-electron chi connectivity index (χ0n) is 11.9. The number of hydrogen-bond acceptors (Lipinski definition) is 2. The van der Waals surface area contributed by atoms with Crippen LogP contribution >= 0.6 is 0 Å². The van der Waals surface area contributed by atoms with Gasteiger partial charge in [0.25, 0.3) is 0 Å². The van der Waals surface area contributed by atoms with Crippen molar-refractivity contribution in [2.45, 2.75) is 44.2 Å². The number of halogens is 2. The summed E-state index contributed by atoms with van der Waals surface area (Å²) in [6.45, 7) is 1.72. The standard InChI is InChI=1S/C16H20F2N2O/c17-12-5-1-4-11(16(12)18)10-15(21)20-9-3-7-14(20)13-6-2-8-19-13/h1,4-5,13-14,19H,2-3,6-10H2. The van der Waals surface area contributed by atoms with Crippen molar-refractivity contribution in [1.29, 1.82) is 0 Å². The highest BCUT2D eigenvalue weighted by Crippen LogP contribution is 2.26. The summed E-state index contributed by atoms with van der Waals surface area (Å²) in [7, 11) is 0. The van der Waals surface area contributed by atoms with E-state index in [0.717, 1.165) is 44.8 Å². The van der Waals surface area contributed by atoms with Crippen molar-refractivity contribution in [2.75, 3.05) is 13.1 Å². The van der Waals surface area contributed by atoms with Gasteiger partial charge in [0, 0.05) is 24.2 Å². The van der Waals surface area contributed by atoms with E-state index in [4.69, 9.17) is 0 Å². The number of nitrogens with zero attached hydrogens (tertiary/aromatic N) is 1. The molecule has 114 valence electrons. The number of nitrogens with one attached hydrogen (secondary N) is 1. The van der Waals surface area contributed by atoms with E-state index in [1.807, 2.05) is 4.90 Å². The molecule has 2 unspecified atom stereocenters. The number of carbonyl (C=O) groups is 1. The Kier molecular flexibility index (Phi) is 4.19. The molecule has 5 heteroatoms. The Morgan fingerprint density at radius 1 is 1.29 bits per heavy atom. The van der Waals surface area contributed by atoms with Gasteiger partial charge in [0.15, 0.2) is 11.6 Å². The maximum absolute atomic E-state index is 13.7. The monoisotopic (exact) mass is 294 g/mol. The number of amides is 1. The number of rotatable bonds is 3. The molecule has 0 aliphatic carbocycles. The highest BCUT2D eigenvalue weighted by atomic mass is 19.2. The minimum atomic E-state index is -0.902. The van der Waals surface area contributed by atoms with Gasteiger partial charge in [0.2, 0.25) is 5.91 Å². The quantitative estimate of drug-likeness (QED) is 0.927. The lowest BCUT2D eigenvalue weighted by atomic mass is 10.0. The average molecular weight is 294 g/mol. The molecule has 2 heterocycles. The van der Waals surface area contributed by atoms with Crippen LogP contribution in [0.5, 0.6) is 0 Å². The second-order valence-corrected chi connectivity index (χ2v) is 5.89. The number of hydrogen-bond donors (Lipinski definition) is 1. The smallest absolute Gasteiger partial charge is 0.227 e. The van der Waals surface area contributed by atoms with Crippen LogP contribution in [0.1, 0.15) is 31.2 Å². The normalized spacial score (nSPS) is 25.5. The van der Waals surface area contributed by atoms with Gasteiger partial charge in [-0.15, -0.1) is 0 Å². The number of benzene rings is 1. The molecule has 1 aromatic carbocycles. The Labute approximate surface area is 123 Å². The lowest BCUT2D eigenvalue weighted by Crippen LogP contribution is -2.47. The number of likely N-dealkylation sites (tertiary alicyclic amines) is 1. The first kappa shape index (κ1) is 14.4. The van der Waals surface area contributed by atoms with E-state index in [1.165, 1.54) is 12.1 Å². The summed E-state index contributed by atoms with van der Waals surface area (Å²) in [5, 5.41) is 3.44.